The van der Waals surface area contributed by atoms with E-state index in [-0.39, 0.29) is 11.9 Å². The van der Waals surface area contributed by atoms with Gasteiger partial charge in [0.25, 0.3) is 0 Å². The summed E-state index contributed by atoms with van der Waals surface area (Å²) in [4.78, 5) is 36.5. The SMILES string of the molecule is Cc1ccc(NC(=O)CN2CCN(C(=O)NCCCc3nc4ccccc4[nH]3)CC2)cc1. The van der Waals surface area contributed by atoms with Crippen LogP contribution in [0.2, 0.25) is 0 Å². The van der Waals surface area contributed by atoms with Gasteiger partial charge in [-0.2, -0.15) is 0 Å². The Balaban J connectivity index is 1.12. The minimum Gasteiger partial charge on any atom is -0.342 e. The monoisotopic (exact) mass is 434 g/mol. The lowest BCUT2D eigenvalue weighted by Crippen LogP contribution is -2.53. The zero-order valence-electron chi connectivity index (χ0n) is 18.4. The zero-order chi connectivity index (χ0) is 22.3. The molecule has 0 spiro atoms. The molecule has 0 radical (unpaired) electrons. The Morgan fingerprint density at radius 1 is 1.03 bits per heavy atom. The standard InChI is InChI=1S/C24H30N6O2/c1-18-8-10-19(11-9-18)26-23(31)17-29-13-15-30(16-14-29)24(32)25-12-4-7-22-27-20-5-2-3-6-21(20)28-22/h2-3,5-6,8-11H,4,7,12-17H2,1H3,(H,25,32)(H,26,31)(H,27,28). The van der Waals surface area contributed by atoms with Crippen molar-refractivity contribution in [3.05, 3.63) is 59.9 Å². The number of aromatic amines is 1. The largest absolute Gasteiger partial charge is 0.342 e. The maximum absolute atomic E-state index is 12.4. The number of H-pyrrole nitrogens is 1. The summed E-state index contributed by atoms with van der Waals surface area (Å²) in [6.07, 6.45) is 1.61. The molecule has 2 aromatic carbocycles. The Hall–Kier alpha value is -3.39. The first kappa shape index (κ1) is 21.8. The van der Waals surface area contributed by atoms with E-state index >= 15 is 0 Å². The average Bonchev–Trinajstić information content (AvgIpc) is 3.21. The van der Waals surface area contributed by atoms with E-state index in [2.05, 4.69) is 25.5 Å². The summed E-state index contributed by atoms with van der Waals surface area (Å²) < 4.78 is 0. The highest BCUT2D eigenvalue weighted by atomic mass is 16.2. The van der Waals surface area contributed by atoms with Crippen molar-refractivity contribution >= 4 is 28.7 Å². The lowest BCUT2D eigenvalue weighted by Gasteiger charge is -2.34. The van der Waals surface area contributed by atoms with E-state index in [1.807, 2.05) is 60.4 Å². The summed E-state index contributed by atoms with van der Waals surface area (Å²) in [7, 11) is 0. The van der Waals surface area contributed by atoms with Crippen LogP contribution in [0.4, 0.5) is 10.5 Å². The van der Waals surface area contributed by atoms with Crippen LogP contribution in [-0.4, -0.2) is 71.0 Å². The predicted molar refractivity (Wildman–Crippen MR) is 126 cm³/mol. The molecule has 0 atom stereocenters. The number of nitrogens with one attached hydrogen (secondary N) is 3. The van der Waals surface area contributed by atoms with E-state index in [4.69, 9.17) is 0 Å². The van der Waals surface area contributed by atoms with Gasteiger partial charge < -0.3 is 20.5 Å². The van der Waals surface area contributed by atoms with Gasteiger partial charge in [0.05, 0.1) is 17.6 Å². The molecule has 1 aliphatic rings. The molecule has 0 saturated carbocycles. The number of urea groups is 1. The number of benzene rings is 2. The van der Waals surface area contributed by atoms with E-state index in [1.54, 1.807) is 0 Å². The number of para-hydroxylation sites is 2. The van der Waals surface area contributed by atoms with Gasteiger partial charge in [0.1, 0.15) is 5.82 Å². The number of imidazole rings is 1. The second-order valence-electron chi connectivity index (χ2n) is 8.21. The molecular formula is C24H30N6O2. The summed E-state index contributed by atoms with van der Waals surface area (Å²) in [5.74, 6) is 0.912. The number of piperazine rings is 1. The van der Waals surface area contributed by atoms with Crippen LogP contribution in [0.1, 0.15) is 17.8 Å². The quantitative estimate of drug-likeness (QED) is 0.499. The number of fused-ring (bicyclic) bond motifs is 1. The van der Waals surface area contributed by atoms with Gasteiger partial charge in [0.15, 0.2) is 0 Å². The van der Waals surface area contributed by atoms with Crippen LogP contribution < -0.4 is 10.6 Å². The molecule has 0 bridgehead atoms. The number of hydrogen-bond acceptors (Lipinski definition) is 4. The molecule has 8 nitrogen and oxygen atoms in total. The van der Waals surface area contributed by atoms with Crippen molar-refractivity contribution in [1.82, 2.24) is 25.1 Å². The van der Waals surface area contributed by atoms with Gasteiger partial charge in [-0.3, -0.25) is 9.69 Å². The Kier molecular flexibility index (Phi) is 7.01. The lowest BCUT2D eigenvalue weighted by molar-refractivity contribution is -0.117. The van der Waals surface area contributed by atoms with Crippen molar-refractivity contribution in [2.75, 3.05) is 44.6 Å². The molecule has 8 heteroatoms. The summed E-state index contributed by atoms with van der Waals surface area (Å²) in [5.41, 5.74) is 3.97. The highest BCUT2D eigenvalue weighted by Gasteiger charge is 2.22. The molecule has 0 unspecified atom stereocenters. The minimum atomic E-state index is -0.0432. The number of carbonyl (C=O) groups excluding carboxylic acids is 2. The van der Waals surface area contributed by atoms with E-state index in [1.165, 1.54) is 0 Å². The Bertz CT molecular complexity index is 1020. The highest BCUT2D eigenvalue weighted by molar-refractivity contribution is 5.92. The Labute approximate surface area is 188 Å². The molecule has 4 rings (SSSR count). The van der Waals surface area contributed by atoms with Gasteiger partial charge in [0, 0.05) is 44.8 Å². The van der Waals surface area contributed by atoms with Crippen LogP contribution >= 0.6 is 0 Å². The topological polar surface area (TPSA) is 93.4 Å². The van der Waals surface area contributed by atoms with Crippen molar-refractivity contribution < 1.29 is 9.59 Å². The molecule has 1 fully saturated rings. The number of hydrogen-bond donors (Lipinski definition) is 3. The number of anilines is 1. The van der Waals surface area contributed by atoms with Crippen molar-refractivity contribution in [1.29, 1.82) is 0 Å². The van der Waals surface area contributed by atoms with Gasteiger partial charge in [-0.05, 0) is 37.6 Å². The molecule has 3 aromatic rings. The molecule has 3 amide bonds. The number of carbonyl (C=O) groups is 2. The third-order valence-corrected chi connectivity index (χ3v) is 5.67. The van der Waals surface area contributed by atoms with Crippen molar-refractivity contribution in [3.8, 4) is 0 Å². The van der Waals surface area contributed by atoms with Crippen LogP contribution in [0.25, 0.3) is 11.0 Å². The average molecular weight is 435 g/mol. The van der Waals surface area contributed by atoms with E-state index < -0.39 is 0 Å². The molecule has 32 heavy (non-hydrogen) atoms. The molecule has 0 aliphatic carbocycles. The van der Waals surface area contributed by atoms with Crippen LogP contribution in [0.3, 0.4) is 0 Å². The normalized spacial score (nSPS) is 14.5. The molecule has 1 aliphatic heterocycles. The lowest BCUT2D eigenvalue weighted by atomic mass is 10.2. The predicted octanol–water partition coefficient (Wildman–Crippen LogP) is 2.77. The van der Waals surface area contributed by atoms with Gasteiger partial charge in [-0.1, -0.05) is 29.8 Å². The fourth-order valence-corrected chi connectivity index (χ4v) is 3.84. The molecular weight excluding hydrogens is 404 g/mol. The van der Waals surface area contributed by atoms with Crippen LogP contribution in [0.15, 0.2) is 48.5 Å². The fraction of sp³-hybridized carbons (Fsp3) is 0.375. The van der Waals surface area contributed by atoms with Gasteiger partial charge >= 0.3 is 6.03 Å². The van der Waals surface area contributed by atoms with Gasteiger partial charge in [0.2, 0.25) is 5.91 Å². The second kappa shape index (κ2) is 10.3. The Morgan fingerprint density at radius 3 is 2.53 bits per heavy atom. The second-order valence-corrected chi connectivity index (χ2v) is 8.21. The number of aryl methyl sites for hydroxylation is 2. The van der Waals surface area contributed by atoms with Crippen molar-refractivity contribution in [2.24, 2.45) is 0 Å². The van der Waals surface area contributed by atoms with Crippen LogP contribution in [0.5, 0.6) is 0 Å². The summed E-state index contributed by atoms with van der Waals surface area (Å²) in [6.45, 7) is 5.57. The van der Waals surface area contributed by atoms with E-state index in [0.29, 0.717) is 39.3 Å². The number of aromatic nitrogens is 2. The first-order valence-electron chi connectivity index (χ1n) is 11.1. The fourth-order valence-electron chi connectivity index (χ4n) is 3.84. The molecule has 3 N–H and O–H groups in total. The Morgan fingerprint density at radius 2 is 1.78 bits per heavy atom. The summed E-state index contributed by atoms with van der Waals surface area (Å²) >= 11 is 0. The molecule has 2 heterocycles. The number of nitrogens with zero attached hydrogens (tertiary/aromatic N) is 3. The van der Waals surface area contributed by atoms with Crippen molar-refractivity contribution in [2.45, 2.75) is 19.8 Å². The zero-order valence-corrected chi connectivity index (χ0v) is 18.4. The minimum absolute atomic E-state index is 0.0302. The van der Waals surface area contributed by atoms with Gasteiger partial charge in [-0.15, -0.1) is 0 Å². The van der Waals surface area contributed by atoms with Crippen LogP contribution in [0, 0.1) is 6.92 Å². The third-order valence-electron chi connectivity index (χ3n) is 5.67. The maximum Gasteiger partial charge on any atom is 0.317 e. The van der Waals surface area contributed by atoms with E-state index in [9.17, 15) is 9.59 Å². The highest BCUT2D eigenvalue weighted by Crippen LogP contribution is 2.11. The summed E-state index contributed by atoms with van der Waals surface area (Å²) in [6, 6.07) is 15.7. The molecule has 168 valence electrons. The van der Waals surface area contributed by atoms with E-state index in [0.717, 1.165) is 41.0 Å². The van der Waals surface area contributed by atoms with Gasteiger partial charge in [-0.25, -0.2) is 9.78 Å². The first-order valence-corrected chi connectivity index (χ1v) is 11.1. The number of rotatable bonds is 7. The first-order chi connectivity index (χ1) is 15.6. The summed E-state index contributed by atoms with van der Waals surface area (Å²) in [5, 5.41) is 5.92. The third kappa shape index (κ3) is 5.85. The van der Waals surface area contributed by atoms with Crippen molar-refractivity contribution in [3.63, 3.8) is 0 Å². The number of amides is 3. The smallest absolute Gasteiger partial charge is 0.317 e. The molecule has 1 aromatic heterocycles. The maximum atomic E-state index is 12.4. The van der Waals surface area contributed by atoms with Crippen LogP contribution in [-0.2, 0) is 11.2 Å². The molecule has 1 saturated heterocycles.